The van der Waals surface area contributed by atoms with E-state index in [1.54, 1.807) is 6.07 Å². The highest BCUT2D eigenvalue weighted by atomic mass is 35.5. The molecule has 0 atom stereocenters. The summed E-state index contributed by atoms with van der Waals surface area (Å²) in [5, 5.41) is 0.532. The van der Waals surface area contributed by atoms with E-state index in [2.05, 4.69) is 10.4 Å². The van der Waals surface area contributed by atoms with Gasteiger partial charge in [0.2, 0.25) is 5.91 Å². The van der Waals surface area contributed by atoms with E-state index in [4.69, 9.17) is 17.4 Å². The minimum absolute atomic E-state index is 0.0513. The number of hydrogen-bond acceptors (Lipinski definition) is 3. The molecule has 1 aromatic heterocycles. The summed E-state index contributed by atoms with van der Waals surface area (Å²) in [5.74, 6) is 5.55. The number of nitrogens with two attached hydrogens (primary N) is 1. The van der Waals surface area contributed by atoms with Crippen LogP contribution in [0.5, 0.6) is 0 Å². The van der Waals surface area contributed by atoms with Gasteiger partial charge in [-0.15, -0.1) is 0 Å². The van der Waals surface area contributed by atoms with Crippen LogP contribution < -0.4 is 11.3 Å². The van der Waals surface area contributed by atoms with E-state index in [0.717, 1.165) is 31.4 Å². The summed E-state index contributed by atoms with van der Waals surface area (Å²) in [6, 6.07) is 5.70. The summed E-state index contributed by atoms with van der Waals surface area (Å²) < 4.78 is 0. The van der Waals surface area contributed by atoms with Crippen LogP contribution in [0, 0.1) is 5.92 Å². The van der Waals surface area contributed by atoms with Crippen molar-refractivity contribution in [1.82, 2.24) is 10.4 Å². The quantitative estimate of drug-likeness (QED) is 0.367. The normalized spacial score (nSPS) is 24.4. The van der Waals surface area contributed by atoms with E-state index in [1.807, 2.05) is 12.1 Å². The highest BCUT2D eigenvalue weighted by Crippen LogP contribution is 2.35. The van der Waals surface area contributed by atoms with E-state index < -0.39 is 0 Å². The minimum Gasteiger partial charge on any atom is -0.294 e. The second kappa shape index (κ2) is 5.47. The maximum atomic E-state index is 11.4. The Labute approximate surface area is 106 Å². The number of nitrogens with one attached hydrogen (secondary N) is 1. The number of halogens is 1. The molecule has 1 fully saturated rings. The Morgan fingerprint density at radius 3 is 2.65 bits per heavy atom. The molecule has 3 N–H and O–H groups in total. The average molecular weight is 254 g/mol. The number of amides is 1. The number of hydrogen-bond donors (Lipinski definition) is 2. The Balaban J connectivity index is 1.97. The third-order valence-electron chi connectivity index (χ3n) is 3.40. The lowest BCUT2D eigenvalue weighted by Crippen LogP contribution is -2.37. The fourth-order valence-electron chi connectivity index (χ4n) is 2.42. The fourth-order valence-corrected chi connectivity index (χ4v) is 2.59. The molecule has 1 aliphatic rings. The second-order valence-corrected chi connectivity index (χ2v) is 4.83. The summed E-state index contributed by atoms with van der Waals surface area (Å²) >= 11 is 5.87. The van der Waals surface area contributed by atoms with Crippen LogP contribution in [-0.2, 0) is 4.79 Å². The van der Waals surface area contributed by atoms with Gasteiger partial charge in [-0.3, -0.25) is 10.2 Å². The Morgan fingerprint density at radius 1 is 1.35 bits per heavy atom. The molecule has 0 aromatic carbocycles. The second-order valence-electron chi connectivity index (χ2n) is 4.44. The number of rotatable bonds is 2. The van der Waals surface area contributed by atoms with E-state index in [0.29, 0.717) is 11.1 Å². The van der Waals surface area contributed by atoms with Gasteiger partial charge in [0.1, 0.15) is 5.15 Å². The number of aromatic nitrogens is 1. The first-order chi connectivity index (χ1) is 8.20. The molecule has 0 aliphatic heterocycles. The van der Waals surface area contributed by atoms with Gasteiger partial charge < -0.3 is 0 Å². The van der Waals surface area contributed by atoms with Gasteiger partial charge in [-0.2, -0.15) is 0 Å². The molecular formula is C12H16ClN3O. The number of pyridine rings is 1. The molecular weight excluding hydrogens is 238 g/mol. The largest absolute Gasteiger partial charge is 0.294 e. The number of hydrazine groups is 1. The van der Waals surface area contributed by atoms with Crippen LogP contribution >= 0.6 is 11.6 Å². The SMILES string of the molecule is NNC(=O)[C@H]1CC[C@H](c2cccc(Cl)n2)CC1. The average Bonchev–Trinajstić information content (AvgIpc) is 2.38. The molecule has 1 aromatic rings. The third kappa shape index (κ3) is 2.96. The molecule has 1 amide bonds. The van der Waals surface area contributed by atoms with Crippen LogP contribution in [-0.4, -0.2) is 10.9 Å². The first-order valence-corrected chi connectivity index (χ1v) is 6.21. The van der Waals surface area contributed by atoms with Crippen molar-refractivity contribution in [3.63, 3.8) is 0 Å². The van der Waals surface area contributed by atoms with Crippen LogP contribution in [0.25, 0.3) is 0 Å². The summed E-state index contributed by atoms with van der Waals surface area (Å²) in [7, 11) is 0. The molecule has 0 spiro atoms. The van der Waals surface area contributed by atoms with Crippen LogP contribution in [0.15, 0.2) is 18.2 Å². The minimum atomic E-state index is -0.0532. The van der Waals surface area contributed by atoms with Gasteiger partial charge in [0.15, 0.2) is 0 Å². The van der Waals surface area contributed by atoms with Gasteiger partial charge in [0.25, 0.3) is 0 Å². The zero-order valence-electron chi connectivity index (χ0n) is 9.53. The predicted octanol–water partition coefficient (Wildman–Crippen LogP) is 2.00. The lowest BCUT2D eigenvalue weighted by molar-refractivity contribution is -0.126. The number of carbonyl (C=O) groups is 1. The Morgan fingerprint density at radius 2 is 2.06 bits per heavy atom. The molecule has 5 heteroatoms. The van der Waals surface area contributed by atoms with Gasteiger partial charge in [-0.1, -0.05) is 17.7 Å². The topological polar surface area (TPSA) is 68.0 Å². The van der Waals surface area contributed by atoms with Gasteiger partial charge in [-0.25, -0.2) is 10.8 Å². The molecule has 1 aliphatic carbocycles. The molecule has 0 unspecified atom stereocenters. The van der Waals surface area contributed by atoms with Crippen molar-refractivity contribution in [2.75, 3.05) is 0 Å². The van der Waals surface area contributed by atoms with Gasteiger partial charge in [0, 0.05) is 17.5 Å². The molecule has 92 valence electrons. The van der Waals surface area contributed by atoms with Crippen molar-refractivity contribution < 1.29 is 4.79 Å². The van der Waals surface area contributed by atoms with Crippen LogP contribution in [0.2, 0.25) is 5.15 Å². The van der Waals surface area contributed by atoms with Crippen molar-refractivity contribution in [1.29, 1.82) is 0 Å². The zero-order chi connectivity index (χ0) is 12.3. The molecule has 17 heavy (non-hydrogen) atoms. The first-order valence-electron chi connectivity index (χ1n) is 5.83. The maximum Gasteiger partial charge on any atom is 0.236 e. The monoisotopic (exact) mass is 253 g/mol. The smallest absolute Gasteiger partial charge is 0.236 e. The Hall–Kier alpha value is -1.13. The molecule has 0 bridgehead atoms. The molecule has 2 rings (SSSR count). The van der Waals surface area contributed by atoms with Crippen LogP contribution in [0.1, 0.15) is 37.3 Å². The molecule has 1 heterocycles. The lowest BCUT2D eigenvalue weighted by Gasteiger charge is -2.26. The maximum absolute atomic E-state index is 11.4. The Bertz CT molecular complexity index is 402. The van der Waals surface area contributed by atoms with Crippen LogP contribution in [0.3, 0.4) is 0 Å². The lowest BCUT2D eigenvalue weighted by atomic mass is 9.80. The van der Waals surface area contributed by atoms with Gasteiger partial charge in [-0.05, 0) is 37.8 Å². The van der Waals surface area contributed by atoms with Crippen molar-refractivity contribution >= 4 is 17.5 Å². The fraction of sp³-hybridized carbons (Fsp3) is 0.500. The van der Waals surface area contributed by atoms with E-state index in [-0.39, 0.29) is 11.8 Å². The summed E-state index contributed by atoms with van der Waals surface area (Å²) in [4.78, 5) is 15.7. The van der Waals surface area contributed by atoms with Crippen molar-refractivity contribution in [3.8, 4) is 0 Å². The van der Waals surface area contributed by atoms with Gasteiger partial charge in [0.05, 0.1) is 0 Å². The molecule has 0 saturated heterocycles. The van der Waals surface area contributed by atoms with Crippen molar-refractivity contribution in [3.05, 3.63) is 29.0 Å². The van der Waals surface area contributed by atoms with Gasteiger partial charge >= 0.3 is 0 Å². The molecule has 1 saturated carbocycles. The Kier molecular flexibility index (Phi) is 3.97. The number of nitrogens with zero attached hydrogens (tertiary/aromatic N) is 1. The first kappa shape index (κ1) is 12.3. The number of carbonyl (C=O) groups excluding carboxylic acids is 1. The highest BCUT2D eigenvalue weighted by molar-refractivity contribution is 6.29. The highest BCUT2D eigenvalue weighted by Gasteiger charge is 2.27. The summed E-state index contributed by atoms with van der Waals surface area (Å²) in [6.07, 6.45) is 3.65. The molecule has 4 nitrogen and oxygen atoms in total. The van der Waals surface area contributed by atoms with Crippen LogP contribution in [0.4, 0.5) is 0 Å². The predicted molar refractivity (Wildman–Crippen MR) is 66.3 cm³/mol. The third-order valence-corrected chi connectivity index (χ3v) is 3.61. The van der Waals surface area contributed by atoms with Crippen molar-refractivity contribution in [2.45, 2.75) is 31.6 Å². The van der Waals surface area contributed by atoms with Crippen molar-refractivity contribution in [2.24, 2.45) is 11.8 Å². The van der Waals surface area contributed by atoms with E-state index >= 15 is 0 Å². The van der Waals surface area contributed by atoms with E-state index in [9.17, 15) is 4.79 Å². The zero-order valence-corrected chi connectivity index (χ0v) is 10.3. The van der Waals surface area contributed by atoms with E-state index in [1.165, 1.54) is 0 Å². The summed E-state index contributed by atoms with van der Waals surface area (Å²) in [5.41, 5.74) is 3.25. The summed E-state index contributed by atoms with van der Waals surface area (Å²) in [6.45, 7) is 0. The molecule has 0 radical (unpaired) electrons. The standard InChI is InChI=1S/C12H16ClN3O/c13-11-3-1-2-10(15-11)8-4-6-9(7-5-8)12(17)16-14/h1-3,8-9H,4-7,14H2,(H,16,17)/t8-,9-.